The van der Waals surface area contributed by atoms with Gasteiger partial charge in [-0.1, -0.05) is 30.4 Å². The normalized spacial score (nSPS) is 23.3. The molecule has 1 saturated carbocycles. The van der Waals surface area contributed by atoms with Gasteiger partial charge < -0.3 is 9.47 Å². The van der Waals surface area contributed by atoms with Gasteiger partial charge in [-0.2, -0.15) is 0 Å². The van der Waals surface area contributed by atoms with Crippen LogP contribution in [-0.4, -0.2) is 25.2 Å². The summed E-state index contributed by atoms with van der Waals surface area (Å²) >= 11 is 0. The number of hydrogen-bond acceptors (Lipinski definition) is 4. The predicted octanol–water partition coefficient (Wildman–Crippen LogP) is 4.22. The number of carbonyl (C=O) groups excluding carboxylic acids is 2. The van der Waals surface area contributed by atoms with Gasteiger partial charge in [-0.15, -0.1) is 6.58 Å². The van der Waals surface area contributed by atoms with Crippen LogP contribution in [0, 0.1) is 17.3 Å². The molecule has 134 valence electrons. The molecule has 0 radical (unpaired) electrons. The molecule has 1 fully saturated rings. The Kier molecular flexibility index (Phi) is 8.51. The zero-order chi connectivity index (χ0) is 18.0. The highest BCUT2D eigenvalue weighted by Crippen LogP contribution is 2.46. The van der Waals surface area contributed by atoms with Gasteiger partial charge in [-0.25, -0.2) is 0 Å². The van der Waals surface area contributed by atoms with E-state index in [1.165, 1.54) is 0 Å². The monoisotopic (exact) mass is 334 g/mol. The average Bonchev–Trinajstić information content (AvgIpc) is 2.57. The molecule has 0 aromatic rings. The summed E-state index contributed by atoms with van der Waals surface area (Å²) in [6.07, 6.45) is 12.4. The fourth-order valence-corrected chi connectivity index (χ4v) is 3.36. The zero-order valence-corrected chi connectivity index (χ0v) is 15.1. The van der Waals surface area contributed by atoms with Crippen LogP contribution in [0.15, 0.2) is 37.0 Å². The Bertz CT molecular complexity index is 472. The van der Waals surface area contributed by atoms with Crippen molar-refractivity contribution in [2.75, 3.05) is 13.2 Å². The van der Waals surface area contributed by atoms with E-state index in [0.717, 1.165) is 12.8 Å². The van der Waals surface area contributed by atoms with E-state index in [4.69, 9.17) is 9.47 Å². The van der Waals surface area contributed by atoms with Gasteiger partial charge in [0.05, 0.1) is 13.2 Å². The van der Waals surface area contributed by atoms with Crippen molar-refractivity contribution < 1.29 is 19.1 Å². The van der Waals surface area contributed by atoms with Crippen LogP contribution in [0.3, 0.4) is 0 Å². The molecule has 1 aliphatic carbocycles. The van der Waals surface area contributed by atoms with E-state index < -0.39 is 17.4 Å². The molecule has 1 rings (SSSR count). The van der Waals surface area contributed by atoms with E-state index in [0.29, 0.717) is 18.8 Å². The number of rotatable bonds is 8. The molecule has 0 spiro atoms. The topological polar surface area (TPSA) is 52.6 Å². The molecule has 4 heteroatoms. The van der Waals surface area contributed by atoms with Crippen LogP contribution in [0.4, 0.5) is 0 Å². The van der Waals surface area contributed by atoms with Crippen LogP contribution in [0.5, 0.6) is 0 Å². The summed E-state index contributed by atoms with van der Waals surface area (Å²) in [5.41, 5.74) is -1.19. The Morgan fingerprint density at radius 1 is 1.17 bits per heavy atom. The first-order valence-corrected chi connectivity index (χ1v) is 8.80. The zero-order valence-electron chi connectivity index (χ0n) is 15.1. The summed E-state index contributed by atoms with van der Waals surface area (Å²) in [7, 11) is 0. The van der Waals surface area contributed by atoms with Crippen LogP contribution < -0.4 is 0 Å². The lowest BCUT2D eigenvalue weighted by molar-refractivity contribution is -0.176. The quantitative estimate of drug-likeness (QED) is 0.288. The minimum absolute atomic E-state index is 0.113. The van der Waals surface area contributed by atoms with Gasteiger partial charge >= 0.3 is 11.9 Å². The lowest BCUT2D eigenvalue weighted by atomic mass is 9.64. The molecule has 1 aliphatic rings. The largest absolute Gasteiger partial charge is 0.465 e. The third kappa shape index (κ3) is 4.83. The van der Waals surface area contributed by atoms with Crippen LogP contribution in [-0.2, 0) is 19.1 Å². The summed E-state index contributed by atoms with van der Waals surface area (Å²) < 4.78 is 10.4. The highest BCUT2D eigenvalue weighted by Gasteiger charge is 2.53. The van der Waals surface area contributed by atoms with Gasteiger partial charge in [0.25, 0.3) is 0 Å². The summed E-state index contributed by atoms with van der Waals surface area (Å²) in [5, 5.41) is 0. The van der Waals surface area contributed by atoms with Gasteiger partial charge in [-0.05, 0) is 58.3 Å². The molecule has 24 heavy (non-hydrogen) atoms. The Morgan fingerprint density at radius 3 is 2.29 bits per heavy atom. The Labute approximate surface area is 145 Å². The van der Waals surface area contributed by atoms with Crippen molar-refractivity contribution in [3.8, 4) is 0 Å². The van der Waals surface area contributed by atoms with E-state index in [1.807, 2.05) is 31.2 Å². The first-order valence-electron chi connectivity index (χ1n) is 8.80. The molecule has 0 heterocycles. The SMILES string of the molecule is C=CC[C@@H]1CCC(C(=O)OCC)(C(=O)OCC)C[C@H]1/C=C/C=C/C. The van der Waals surface area contributed by atoms with Gasteiger partial charge in [0.15, 0.2) is 5.41 Å². The molecule has 0 saturated heterocycles. The maximum atomic E-state index is 12.6. The second kappa shape index (κ2) is 10.1. The maximum Gasteiger partial charge on any atom is 0.323 e. The van der Waals surface area contributed by atoms with Crippen molar-refractivity contribution in [3.63, 3.8) is 0 Å². The highest BCUT2D eigenvalue weighted by atomic mass is 16.6. The number of esters is 2. The summed E-state index contributed by atoms with van der Waals surface area (Å²) in [4.78, 5) is 25.2. The first kappa shape index (κ1) is 20.2. The summed E-state index contributed by atoms with van der Waals surface area (Å²) in [6.45, 7) is 9.81. The molecular formula is C20H30O4. The van der Waals surface area contributed by atoms with Gasteiger partial charge in [0, 0.05) is 0 Å². The highest BCUT2D eigenvalue weighted by molar-refractivity contribution is 6.00. The average molecular weight is 334 g/mol. The van der Waals surface area contributed by atoms with E-state index >= 15 is 0 Å². The molecule has 4 nitrogen and oxygen atoms in total. The molecular weight excluding hydrogens is 304 g/mol. The van der Waals surface area contributed by atoms with Crippen molar-refractivity contribution in [2.45, 2.75) is 46.5 Å². The molecule has 0 unspecified atom stereocenters. The minimum Gasteiger partial charge on any atom is -0.465 e. The van der Waals surface area contributed by atoms with Gasteiger partial charge in [-0.3, -0.25) is 9.59 Å². The Hall–Kier alpha value is -1.84. The number of hydrogen-bond donors (Lipinski definition) is 0. The molecule has 2 atom stereocenters. The minimum atomic E-state index is -1.19. The van der Waals surface area contributed by atoms with Crippen molar-refractivity contribution in [1.29, 1.82) is 0 Å². The van der Waals surface area contributed by atoms with Crippen LogP contribution in [0.1, 0.15) is 46.5 Å². The maximum absolute atomic E-state index is 12.6. The Balaban J connectivity index is 3.13. The van der Waals surface area contributed by atoms with Crippen LogP contribution >= 0.6 is 0 Å². The van der Waals surface area contributed by atoms with Crippen molar-refractivity contribution in [1.82, 2.24) is 0 Å². The predicted molar refractivity (Wildman–Crippen MR) is 95.3 cm³/mol. The first-order chi connectivity index (χ1) is 11.6. The fraction of sp³-hybridized carbons (Fsp3) is 0.600. The third-order valence-corrected chi connectivity index (χ3v) is 4.60. The fourth-order valence-electron chi connectivity index (χ4n) is 3.36. The van der Waals surface area contributed by atoms with Crippen LogP contribution in [0.2, 0.25) is 0 Å². The summed E-state index contributed by atoms with van der Waals surface area (Å²) in [5.74, 6) is -0.419. The van der Waals surface area contributed by atoms with E-state index in [-0.39, 0.29) is 19.1 Å². The van der Waals surface area contributed by atoms with Crippen molar-refractivity contribution in [2.24, 2.45) is 17.3 Å². The van der Waals surface area contributed by atoms with Gasteiger partial charge in [0.1, 0.15) is 0 Å². The molecule has 0 bridgehead atoms. The van der Waals surface area contributed by atoms with E-state index in [9.17, 15) is 9.59 Å². The molecule has 0 aliphatic heterocycles. The number of ether oxygens (including phenoxy) is 2. The molecule has 0 aromatic heterocycles. The second-order valence-electron chi connectivity index (χ2n) is 6.12. The Morgan fingerprint density at radius 2 is 1.79 bits per heavy atom. The standard InChI is InChI=1S/C20H30O4/c1-5-9-10-12-17-15-20(18(21)23-7-3,19(22)24-8-4)14-13-16(17)11-6-2/h5-6,9-10,12,16-17H,2,7-8,11,13-15H2,1,3-4H3/b9-5+,12-10+/t16-,17-/m1/s1. The van der Waals surface area contributed by atoms with Crippen molar-refractivity contribution in [3.05, 3.63) is 37.0 Å². The smallest absolute Gasteiger partial charge is 0.323 e. The lowest BCUT2D eigenvalue weighted by Crippen LogP contribution is -2.47. The number of allylic oxidation sites excluding steroid dienone is 5. The lowest BCUT2D eigenvalue weighted by Gasteiger charge is -2.40. The third-order valence-electron chi connectivity index (χ3n) is 4.60. The van der Waals surface area contributed by atoms with Crippen LogP contribution in [0.25, 0.3) is 0 Å². The molecule has 0 N–H and O–H groups in total. The molecule has 0 aromatic carbocycles. The van der Waals surface area contributed by atoms with E-state index in [2.05, 4.69) is 12.7 Å². The number of carbonyl (C=O) groups is 2. The summed E-state index contributed by atoms with van der Waals surface area (Å²) in [6, 6.07) is 0. The van der Waals surface area contributed by atoms with Gasteiger partial charge in [0.2, 0.25) is 0 Å². The molecule has 0 amide bonds. The van der Waals surface area contributed by atoms with E-state index in [1.54, 1.807) is 13.8 Å². The van der Waals surface area contributed by atoms with Crippen molar-refractivity contribution >= 4 is 11.9 Å². The second-order valence-corrected chi connectivity index (χ2v) is 6.12.